The standard InChI is InChI=1S/C13H18N4OS2/c1-3-15-13-16-11(14)10(20-13)12(18)17(4-2)8-9-6-5-7-19-9/h5-7H,3-4,8,14H2,1-2H3,(H,15,16). The van der Waals surface area contributed by atoms with Crippen LogP contribution in [0.5, 0.6) is 0 Å². The highest BCUT2D eigenvalue weighted by Crippen LogP contribution is 2.27. The number of nitrogen functional groups attached to an aromatic ring is 1. The van der Waals surface area contributed by atoms with Gasteiger partial charge in [-0.25, -0.2) is 4.98 Å². The second-order valence-electron chi connectivity index (χ2n) is 4.16. The minimum atomic E-state index is -0.0555. The van der Waals surface area contributed by atoms with Gasteiger partial charge in [0.25, 0.3) is 5.91 Å². The Kier molecular flexibility index (Phi) is 4.97. The Morgan fingerprint density at radius 2 is 2.30 bits per heavy atom. The Bertz CT molecular complexity index is 565. The number of carbonyl (C=O) groups is 1. The van der Waals surface area contributed by atoms with Gasteiger partial charge in [-0.05, 0) is 25.3 Å². The molecule has 0 bridgehead atoms. The summed E-state index contributed by atoms with van der Waals surface area (Å²) in [6.45, 7) is 5.96. The average Bonchev–Trinajstić information content (AvgIpc) is 3.05. The van der Waals surface area contributed by atoms with Crippen molar-refractivity contribution in [1.29, 1.82) is 0 Å². The fourth-order valence-electron chi connectivity index (χ4n) is 1.77. The van der Waals surface area contributed by atoms with Crippen molar-refractivity contribution in [3.05, 3.63) is 27.3 Å². The molecule has 0 spiro atoms. The van der Waals surface area contributed by atoms with E-state index in [0.29, 0.717) is 28.9 Å². The third-order valence-electron chi connectivity index (χ3n) is 2.77. The number of aromatic nitrogens is 1. The third kappa shape index (κ3) is 3.29. The molecule has 0 aromatic carbocycles. The molecule has 3 N–H and O–H groups in total. The number of nitrogens with two attached hydrogens (primary N) is 1. The highest BCUT2D eigenvalue weighted by molar-refractivity contribution is 7.18. The molecule has 7 heteroatoms. The summed E-state index contributed by atoms with van der Waals surface area (Å²) in [6.07, 6.45) is 0. The zero-order valence-corrected chi connectivity index (χ0v) is 13.2. The molecule has 5 nitrogen and oxygen atoms in total. The summed E-state index contributed by atoms with van der Waals surface area (Å²) in [5.41, 5.74) is 5.85. The second kappa shape index (κ2) is 6.71. The SMILES string of the molecule is CCNc1nc(N)c(C(=O)N(CC)Cc2cccs2)s1. The maximum absolute atomic E-state index is 12.5. The van der Waals surface area contributed by atoms with Gasteiger partial charge in [0.05, 0.1) is 6.54 Å². The van der Waals surface area contributed by atoms with Crippen LogP contribution < -0.4 is 11.1 Å². The minimum absolute atomic E-state index is 0.0555. The third-order valence-corrected chi connectivity index (χ3v) is 4.65. The molecule has 0 fully saturated rings. The number of thiophene rings is 1. The van der Waals surface area contributed by atoms with E-state index < -0.39 is 0 Å². The number of amides is 1. The van der Waals surface area contributed by atoms with E-state index in [1.807, 2.05) is 31.4 Å². The number of nitrogens with one attached hydrogen (secondary N) is 1. The summed E-state index contributed by atoms with van der Waals surface area (Å²) in [4.78, 5) is 20.2. The molecule has 2 aromatic heterocycles. The molecule has 0 aliphatic carbocycles. The quantitative estimate of drug-likeness (QED) is 0.860. The maximum atomic E-state index is 12.5. The van der Waals surface area contributed by atoms with Gasteiger partial charge in [0, 0.05) is 18.0 Å². The summed E-state index contributed by atoms with van der Waals surface area (Å²) >= 11 is 2.96. The molecule has 0 saturated carbocycles. The fourth-order valence-corrected chi connectivity index (χ4v) is 3.41. The molecule has 0 aliphatic rings. The molecule has 0 unspecified atom stereocenters. The molecule has 2 rings (SSSR count). The lowest BCUT2D eigenvalue weighted by Crippen LogP contribution is -2.29. The van der Waals surface area contributed by atoms with E-state index in [2.05, 4.69) is 10.3 Å². The van der Waals surface area contributed by atoms with Gasteiger partial charge in [-0.1, -0.05) is 17.4 Å². The predicted molar refractivity (Wildman–Crippen MR) is 85.4 cm³/mol. The number of hydrogen-bond donors (Lipinski definition) is 2. The van der Waals surface area contributed by atoms with Crippen LogP contribution in [0.15, 0.2) is 17.5 Å². The number of rotatable bonds is 6. The van der Waals surface area contributed by atoms with Crippen LogP contribution in [0.4, 0.5) is 10.9 Å². The van der Waals surface area contributed by atoms with Crippen molar-refractivity contribution in [2.24, 2.45) is 0 Å². The van der Waals surface area contributed by atoms with Crippen LogP contribution >= 0.6 is 22.7 Å². The van der Waals surface area contributed by atoms with E-state index in [1.54, 1.807) is 16.2 Å². The number of nitrogens with zero attached hydrogens (tertiary/aromatic N) is 2. The molecule has 1 amide bonds. The highest BCUT2D eigenvalue weighted by atomic mass is 32.1. The van der Waals surface area contributed by atoms with Crippen LogP contribution in [-0.2, 0) is 6.54 Å². The van der Waals surface area contributed by atoms with Gasteiger partial charge in [-0.2, -0.15) is 0 Å². The van der Waals surface area contributed by atoms with E-state index in [0.717, 1.165) is 11.4 Å². The number of anilines is 2. The first-order chi connectivity index (χ1) is 9.65. The van der Waals surface area contributed by atoms with Gasteiger partial charge in [-0.3, -0.25) is 4.79 Å². The van der Waals surface area contributed by atoms with Crippen molar-refractivity contribution in [3.63, 3.8) is 0 Å². The van der Waals surface area contributed by atoms with E-state index in [-0.39, 0.29) is 5.91 Å². The first-order valence-electron chi connectivity index (χ1n) is 6.47. The van der Waals surface area contributed by atoms with E-state index >= 15 is 0 Å². The Labute approximate surface area is 126 Å². The molecule has 2 aromatic rings. The minimum Gasteiger partial charge on any atom is -0.382 e. The van der Waals surface area contributed by atoms with Crippen LogP contribution in [-0.4, -0.2) is 28.9 Å². The van der Waals surface area contributed by atoms with Crippen LogP contribution in [0.1, 0.15) is 28.4 Å². The fraction of sp³-hybridized carbons (Fsp3) is 0.385. The molecule has 2 heterocycles. The Hall–Kier alpha value is -1.60. The molecule has 20 heavy (non-hydrogen) atoms. The Balaban J connectivity index is 2.15. The van der Waals surface area contributed by atoms with Crippen molar-refractivity contribution in [2.45, 2.75) is 20.4 Å². The van der Waals surface area contributed by atoms with Gasteiger partial charge in [-0.15, -0.1) is 11.3 Å². The Morgan fingerprint density at radius 3 is 2.90 bits per heavy atom. The van der Waals surface area contributed by atoms with Gasteiger partial charge in [0.1, 0.15) is 10.7 Å². The lowest BCUT2D eigenvalue weighted by atomic mass is 10.3. The monoisotopic (exact) mass is 310 g/mol. The molecular weight excluding hydrogens is 292 g/mol. The van der Waals surface area contributed by atoms with Crippen molar-refractivity contribution in [2.75, 3.05) is 24.1 Å². The second-order valence-corrected chi connectivity index (χ2v) is 6.19. The lowest BCUT2D eigenvalue weighted by Gasteiger charge is -2.19. The molecule has 0 aliphatic heterocycles. The van der Waals surface area contributed by atoms with Gasteiger partial charge in [0.15, 0.2) is 5.13 Å². The summed E-state index contributed by atoms with van der Waals surface area (Å²) in [6, 6.07) is 4.02. The van der Waals surface area contributed by atoms with E-state index in [4.69, 9.17) is 5.73 Å². The predicted octanol–water partition coefficient (Wildman–Crippen LogP) is 2.88. The van der Waals surface area contributed by atoms with E-state index in [9.17, 15) is 4.79 Å². The number of carbonyl (C=O) groups excluding carboxylic acids is 1. The number of thiazole rings is 1. The van der Waals surface area contributed by atoms with Crippen molar-refractivity contribution >= 4 is 39.5 Å². The van der Waals surface area contributed by atoms with E-state index in [1.165, 1.54) is 11.3 Å². The highest BCUT2D eigenvalue weighted by Gasteiger charge is 2.21. The zero-order valence-electron chi connectivity index (χ0n) is 11.5. The summed E-state index contributed by atoms with van der Waals surface area (Å²) in [5, 5.41) is 5.79. The van der Waals surface area contributed by atoms with Crippen LogP contribution in [0.2, 0.25) is 0 Å². The van der Waals surface area contributed by atoms with Crippen LogP contribution in [0, 0.1) is 0 Å². The summed E-state index contributed by atoms with van der Waals surface area (Å²) < 4.78 is 0. The summed E-state index contributed by atoms with van der Waals surface area (Å²) in [5.74, 6) is 0.251. The normalized spacial score (nSPS) is 10.5. The van der Waals surface area contributed by atoms with Crippen LogP contribution in [0.25, 0.3) is 0 Å². The van der Waals surface area contributed by atoms with Crippen LogP contribution in [0.3, 0.4) is 0 Å². The van der Waals surface area contributed by atoms with Crippen molar-refractivity contribution < 1.29 is 4.79 Å². The van der Waals surface area contributed by atoms with Gasteiger partial charge < -0.3 is 16.0 Å². The smallest absolute Gasteiger partial charge is 0.268 e. The summed E-state index contributed by atoms with van der Waals surface area (Å²) in [7, 11) is 0. The molecule has 0 saturated heterocycles. The maximum Gasteiger partial charge on any atom is 0.268 e. The largest absolute Gasteiger partial charge is 0.382 e. The lowest BCUT2D eigenvalue weighted by molar-refractivity contribution is 0.0760. The van der Waals surface area contributed by atoms with Crippen molar-refractivity contribution in [3.8, 4) is 0 Å². The molecule has 0 radical (unpaired) electrons. The molecule has 108 valence electrons. The zero-order chi connectivity index (χ0) is 14.5. The average molecular weight is 310 g/mol. The number of hydrogen-bond acceptors (Lipinski definition) is 6. The first kappa shape index (κ1) is 14.8. The topological polar surface area (TPSA) is 71.2 Å². The van der Waals surface area contributed by atoms with Gasteiger partial charge in [0.2, 0.25) is 0 Å². The molecular formula is C13H18N4OS2. The van der Waals surface area contributed by atoms with Gasteiger partial charge >= 0.3 is 0 Å². The Morgan fingerprint density at radius 1 is 1.50 bits per heavy atom. The van der Waals surface area contributed by atoms with Crippen molar-refractivity contribution in [1.82, 2.24) is 9.88 Å². The molecule has 0 atom stereocenters. The first-order valence-corrected chi connectivity index (χ1v) is 8.17.